The van der Waals surface area contributed by atoms with Crippen LogP contribution in [0.25, 0.3) is 0 Å². The number of amides is 2. The Morgan fingerprint density at radius 3 is 2.42 bits per heavy atom. The summed E-state index contributed by atoms with van der Waals surface area (Å²) in [4.78, 5) is 38.5. The van der Waals surface area contributed by atoms with Crippen LogP contribution in [0.4, 0.5) is 11.4 Å². The summed E-state index contributed by atoms with van der Waals surface area (Å²) in [6.45, 7) is 4.54. The van der Waals surface area contributed by atoms with Crippen molar-refractivity contribution in [1.29, 1.82) is 0 Å². The number of aryl methyl sites for hydroxylation is 2. The molecule has 0 heterocycles. The molecule has 1 saturated carbocycles. The lowest BCUT2D eigenvalue weighted by atomic mass is 10.1. The number of aromatic carboxylic acids is 1. The van der Waals surface area contributed by atoms with Crippen molar-refractivity contribution in [2.45, 2.75) is 39.2 Å². The first-order valence-corrected chi connectivity index (χ1v) is 11.1. The number of nitrogens with one attached hydrogen (secondary N) is 2. The lowest BCUT2D eigenvalue weighted by molar-refractivity contribution is -0.119. The highest BCUT2D eigenvalue weighted by Gasteiger charge is 2.30. The van der Waals surface area contributed by atoms with Gasteiger partial charge in [0.05, 0.1) is 24.4 Å². The van der Waals surface area contributed by atoms with E-state index in [2.05, 4.69) is 10.6 Å². The molecule has 0 atom stereocenters. The van der Waals surface area contributed by atoms with Gasteiger partial charge in [-0.15, -0.1) is 0 Å². The standard InChI is InChI=1S/C24H28ClN3O5/c1-14-4-5-15(2)19(10-14)26-23(30)13-28(16-6-7-16)9-8-22(29)27-20-12-21(33-3)17(24(31)32)11-18(20)25/h4-5,10-12,16H,6-9,13H2,1-3H3,(H,26,30)(H,27,29)(H,31,32). The highest BCUT2D eigenvalue weighted by molar-refractivity contribution is 6.34. The van der Waals surface area contributed by atoms with Crippen LogP contribution >= 0.6 is 11.6 Å². The van der Waals surface area contributed by atoms with Crippen molar-refractivity contribution < 1.29 is 24.2 Å². The van der Waals surface area contributed by atoms with Crippen LogP contribution in [0.3, 0.4) is 0 Å². The zero-order valence-corrected chi connectivity index (χ0v) is 19.7. The lowest BCUT2D eigenvalue weighted by Crippen LogP contribution is -2.37. The molecule has 0 unspecified atom stereocenters. The van der Waals surface area contributed by atoms with Crippen LogP contribution in [0.2, 0.25) is 5.02 Å². The molecule has 176 valence electrons. The summed E-state index contributed by atoms with van der Waals surface area (Å²) in [5, 5.41) is 15.0. The molecule has 0 radical (unpaired) electrons. The molecule has 2 aromatic carbocycles. The summed E-state index contributed by atoms with van der Waals surface area (Å²) in [7, 11) is 1.35. The number of nitrogens with zero attached hydrogens (tertiary/aromatic N) is 1. The number of carboxylic acids is 1. The van der Waals surface area contributed by atoms with Gasteiger partial charge >= 0.3 is 5.97 Å². The first-order valence-electron chi connectivity index (χ1n) is 10.7. The summed E-state index contributed by atoms with van der Waals surface area (Å²) in [6, 6.07) is 8.83. The van der Waals surface area contributed by atoms with Crippen LogP contribution < -0.4 is 15.4 Å². The van der Waals surface area contributed by atoms with Gasteiger partial charge in [0.1, 0.15) is 11.3 Å². The van der Waals surface area contributed by atoms with E-state index in [0.717, 1.165) is 29.7 Å². The minimum atomic E-state index is -1.18. The first kappa shape index (κ1) is 24.5. The van der Waals surface area contributed by atoms with Crippen LogP contribution in [0.15, 0.2) is 30.3 Å². The number of hydrogen-bond donors (Lipinski definition) is 3. The Kier molecular flexibility index (Phi) is 7.94. The molecule has 0 spiro atoms. The molecule has 0 aliphatic heterocycles. The summed E-state index contributed by atoms with van der Waals surface area (Å²) in [5.41, 5.74) is 3.04. The minimum absolute atomic E-state index is 0.0877. The van der Waals surface area contributed by atoms with Crippen LogP contribution in [0.5, 0.6) is 5.75 Å². The van der Waals surface area contributed by atoms with Crippen molar-refractivity contribution in [2.24, 2.45) is 0 Å². The van der Waals surface area contributed by atoms with Gasteiger partial charge in [-0.25, -0.2) is 4.79 Å². The van der Waals surface area contributed by atoms with Gasteiger partial charge in [-0.1, -0.05) is 23.7 Å². The Balaban J connectivity index is 1.58. The molecule has 9 heteroatoms. The number of rotatable bonds is 10. The maximum Gasteiger partial charge on any atom is 0.339 e. The van der Waals surface area contributed by atoms with Crippen LogP contribution in [-0.2, 0) is 9.59 Å². The predicted octanol–water partition coefficient (Wildman–Crippen LogP) is 4.10. The van der Waals surface area contributed by atoms with Crippen molar-refractivity contribution in [3.8, 4) is 5.75 Å². The second-order valence-electron chi connectivity index (χ2n) is 8.20. The van der Waals surface area contributed by atoms with Crippen LogP contribution in [0.1, 0.15) is 40.7 Å². The molecule has 2 amide bonds. The van der Waals surface area contributed by atoms with Gasteiger partial charge in [-0.3, -0.25) is 14.5 Å². The summed E-state index contributed by atoms with van der Waals surface area (Å²) < 4.78 is 5.09. The van der Waals surface area contributed by atoms with E-state index in [4.69, 9.17) is 16.3 Å². The fourth-order valence-corrected chi connectivity index (χ4v) is 3.73. The van der Waals surface area contributed by atoms with Gasteiger partial charge in [0, 0.05) is 30.8 Å². The Morgan fingerprint density at radius 1 is 1.09 bits per heavy atom. The van der Waals surface area contributed by atoms with Gasteiger partial charge in [0.25, 0.3) is 0 Å². The van der Waals surface area contributed by atoms with E-state index >= 15 is 0 Å². The molecule has 1 aliphatic carbocycles. The Labute approximate surface area is 197 Å². The molecule has 3 rings (SSSR count). The Hall–Kier alpha value is -3.10. The second kappa shape index (κ2) is 10.7. The fourth-order valence-electron chi connectivity index (χ4n) is 3.52. The minimum Gasteiger partial charge on any atom is -0.496 e. The second-order valence-corrected chi connectivity index (χ2v) is 8.61. The maximum absolute atomic E-state index is 12.6. The van der Waals surface area contributed by atoms with E-state index in [1.807, 2.05) is 36.9 Å². The van der Waals surface area contributed by atoms with E-state index in [9.17, 15) is 19.5 Å². The van der Waals surface area contributed by atoms with Crippen molar-refractivity contribution in [3.05, 3.63) is 52.0 Å². The summed E-state index contributed by atoms with van der Waals surface area (Å²) in [5.74, 6) is -1.48. The van der Waals surface area contributed by atoms with Crippen LogP contribution in [-0.4, -0.2) is 54.0 Å². The van der Waals surface area contributed by atoms with E-state index in [-0.39, 0.29) is 46.8 Å². The molecule has 1 fully saturated rings. The van der Waals surface area contributed by atoms with Crippen molar-refractivity contribution in [1.82, 2.24) is 4.90 Å². The summed E-state index contributed by atoms with van der Waals surface area (Å²) in [6.07, 6.45) is 2.16. The molecule has 0 saturated heterocycles. The van der Waals surface area contributed by atoms with Gasteiger partial charge in [0.2, 0.25) is 11.8 Å². The smallest absolute Gasteiger partial charge is 0.339 e. The average Bonchev–Trinajstić information content (AvgIpc) is 3.60. The number of methoxy groups -OCH3 is 1. The zero-order chi connectivity index (χ0) is 24.1. The zero-order valence-electron chi connectivity index (χ0n) is 18.9. The van der Waals surface area contributed by atoms with Gasteiger partial charge in [-0.2, -0.15) is 0 Å². The van der Waals surface area contributed by atoms with E-state index in [0.29, 0.717) is 12.6 Å². The number of carboxylic acid groups (broad SMARTS) is 1. The van der Waals surface area contributed by atoms with Gasteiger partial charge < -0.3 is 20.5 Å². The van der Waals surface area contributed by atoms with E-state index < -0.39 is 5.97 Å². The lowest BCUT2D eigenvalue weighted by Gasteiger charge is -2.21. The molecule has 8 nitrogen and oxygen atoms in total. The molecular formula is C24H28ClN3O5. The number of halogens is 1. The number of hydrogen-bond acceptors (Lipinski definition) is 5. The monoisotopic (exact) mass is 473 g/mol. The van der Waals surface area contributed by atoms with E-state index in [1.54, 1.807) is 0 Å². The SMILES string of the molecule is COc1cc(NC(=O)CCN(CC(=O)Nc2cc(C)ccc2C)C2CC2)c(Cl)cc1C(=O)O. The maximum atomic E-state index is 12.6. The Morgan fingerprint density at radius 2 is 1.79 bits per heavy atom. The summed E-state index contributed by atoms with van der Waals surface area (Å²) >= 11 is 6.14. The molecule has 2 aromatic rings. The number of ether oxygens (including phenoxy) is 1. The quantitative estimate of drug-likeness (QED) is 0.479. The first-order chi connectivity index (χ1) is 15.7. The predicted molar refractivity (Wildman–Crippen MR) is 127 cm³/mol. The average molecular weight is 474 g/mol. The normalized spacial score (nSPS) is 13.0. The number of carbonyl (C=O) groups is 3. The van der Waals surface area contributed by atoms with Gasteiger partial charge in [0.15, 0.2) is 0 Å². The van der Waals surface area contributed by atoms with Gasteiger partial charge in [-0.05, 0) is 49.9 Å². The third-order valence-corrected chi connectivity index (χ3v) is 5.81. The number of carbonyl (C=O) groups excluding carboxylic acids is 2. The number of benzene rings is 2. The third kappa shape index (κ3) is 6.69. The molecule has 1 aliphatic rings. The molecular weight excluding hydrogens is 446 g/mol. The molecule has 0 bridgehead atoms. The van der Waals surface area contributed by atoms with Crippen molar-refractivity contribution in [2.75, 3.05) is 30.8 Å². The fraction of sp³-hybridized carbons (Fsp3) is 0.375. The number of anilines is 2. The van der Waals surface area contributed by atoms with Crippen LogP contribution in [0, 0.1) is 13.8 Å². The highest BCUT2D eigenvalue weighted by atomic mass is 35.5. The van der Waals surface area contributed by atoms with E-state index in [1.165, 1.54) is 19.2 Å². The molecule has 0 aromatic heterocycles. The highest BCUT2D eigenvalue weighted by Crippen LogP contribution is 2.31. The molecule has 3 N–H and O–H groups in total. The topological polar surface area (TPSA) is 108 Å². The molecule has 33 heavy (non-hydrogen) atoms. The largest absolute Gasteiger partial charge is 0.496 e. The third-order valence-electron chi connectivity index (χ3n) is 5.50. The van der Waals surface area contributed by atoms with Crippen molar-refractivity contribution >= 4 is 40.8 Å². The Bertz CT molecular complexity index is 1070. The van der Waals surface area contributed by atoms with Crippen molar-refractivity contribution in [3.63, 3.8) is 0 Å².